The van der Waals surface area contributed by atoms with Crippen LogP contribution in [0.25, 0.3) is 11.0 Å². The number of rotatable bonds is 10. The van der Waals surface area contributed by atoms with E-state index in [1.807, 2.05) is 61.5 Å². The van der Waals surface area contributed by atoms with Crippen molar-refractivity contribution < 1.29 is 24.2 Å². The Kier molecular flexibility index (Phi) is 8.82. The summed E-state index contributed by atoms with van der Waals surface area (Å²) >= 11 is 0. The Labute approximate surface area is 261 Å². The van der Waals surface area contributed by atoms with E-state index in [1.54, 1.807) is 0 Å². The van der Waals surface area contributed by atoms with Gasteiger partial charge in [-0.2, -0.15) is 0 Å². The van der Waals surface area contributed by atoms with Crippen molar-refractivity contribution in [3.05, 3.63) is 81.3 Å². The predicted molar refractivity (Wildman–Crippen MR) is 176 cm³/mol. The molecule has 44 heavy (non-hydrogen) atoms. The Bertz CT molecular complexity index is 1670. The van der Waals surface area contributed by atoms with Crippen molar-refractivity contribution in [2.75, 3.05) is 0 Å². The van der Waals surface area contributed by atoms with E-state index in [9.17, 15) is 19.8 Å². The number of aromatic hydroxyl groups is 2. The molecule has 1 saturated carbocycles. The molecule has 0 radical (unpaired) electrons. The number of Topliss-reactive ketones (excluding diaryl/α,β-unsaturated/α-hetero) is 2. The summed E-state index contributed by atoms with van der Waals surface area (Å²) in [5.74, 6) is -1.76. The molecule has 6 heteroatoms. The van der Waals surface area contributed by atoms with Crippen LogP contribution in [0, 0.1) is 22.7 Å². The maximum atomic E-state index is 15.4. The second kappa shape index (κ2) is 11.7. The van der Waals surface area contributed by atoms with Gasteiger partial charge in [0.25, 0.3) is 0 Å². The fourth-order valence-corrected chi connectivity index (χ4v) is 7.58. The zero-order valence-electron chi connectivity index (χ0n) is 27.6. The quantitative estimate of drug-likeness (QED) is 0.160. The van der Waals surface area contributed by atoms with Gasteiger partial charge in [-0.1, -0.05) is 54.9 Å². The maximum absolute atomic E-state index is 15.4. The number of benzene rings is 1. The van der Waals surface area contributed by atoms with Crippen molar-refractivity contribution in [3.8, 4) is 11.5 Å². The Morgan fingerprint density at radius 1 is 1.00 bits per heavy atom. The molecule has 2 aliphatic rings. The summed E-state index contributed by atoms with van der Waals surface area (Å²) in [7, 11) is 0. The predicted octanol–water partition coefficient (Wildman–Crippen LogP) is 8.89. The molecule has 2 aliphatic carbocycles. The normalized spacial score (nSPS) is 24.4. The van der Waals surface area contributed by atoms with Gasteiger partial charge in [0.2, 0.25) is 5.43 Å². The summed E-state index contributed by atoms with van der Waals surface area (Å²) in [6.45, 7) is 24.3. The summed E-state index contributed by atoms with van der Waals surface area (Å²) < 4.78 is 6.46. The molecule has 1 fully saturated rings. The highest BCUT2D eigenvalue weighted by molar-refractivity contribution is 6.23. The number of phenols is 2. The third kappa shape index (κ3) is 5.20. The van der Waals surface area contributed by atoms with E-state index in [2.05, 4.69) is 19.2 Å². The minimum Gasteiger partial charge on any atom is -0.504 e. The van der Waals surface area contributed by atoms with Crippen molar-refractivity contribution in [1.82, 2.24) is 0 Å². The third-order valence-electron chi connectivity index (χ3n) is 10.4. The lowest BCUT2D eigenvalue weighted by Crippen LogP contribution is -2.68. The summed E-state index contributed by atoms with van der Waals surface area (Å²) in [5, 5.41) is 20.6. The maximum Gasteiger partial charge on any atom is 0.204 e. The summed E-state index contributed by atoms with van der Waals surface area (Å²) in [6.07, 6.45) is 7.16. The third-order valence-corrected chi connectivity index (χ3v) is 10.4. The van der Waals surface area contributed by atoms with E-state index >= 15 is 4.79 Å². The lowest BCUT2D eigenvalue weighted by molar-refractivity contribution is -0.153. The monoisotopic (exact) mass is 600 g/mol. The van der Waals surface area contributed by atoms with Gasteiger partial charge in [-0.25, -0.2) is 0 Å². The molecule has 0 amide bonds. The van der Waals surface area contributed by atoms with Crippen molar-refractivity contribution in [2.24, 2.45) is 22.7 Å². The first-order chi connectivity index (χ1) is 20.4. The molecule has 1 aromatic heterocycles. The van der Waals surface area contributed by atoms with Gasteiger partial charge in [-0.15, -0.1) is 6.58 Å². The van der Waals surface area contributed by atoms with Gasteiger partial charge < -0.3 is 14.6 Å². The molecular formula is C38H48O6. The Balaban J connectivity index is 2.17. The summed E-state index contributed by atoms with van der Waals surface area (Å²) in [4.78, 5) is 44.7. The molecule has 0 unspecified atom stereocenters. The van der Waals surface area contributed by atoms with E-state index in [0.717, 1.165) is 41.2 Å². The van der Waals surface area contributed by atoms with Crippen LogP contribution in [0.5, 0.6) is 11.5 Å². The molecule has 0 spiro atoms. The smallest absolute Gasteiger partial charge is 0.204 e. The number of ketones is 2. The molecule has 1 aromatic carbocycles. The molecular weight excluding hydrogens is 552 g/mol. The first kappa shape index (κ1) is 33.2. The molecule has 2 bridgehead atoms. The molecule has 2 aromatic rings. The van der Waals surface area contributed by atoms with E-state index in [-0.39, 0.29) is 46.3 Å². The highest BCUT2D eigenvalue weighted by atomic mass is 16.3. The van der Waals surface area contributed by atoms with Crippen molar-refractivity contribution in [3.63, 3.8) is 0 Å². The van der Waals surface area contributed by atoms with Crippen molar-refractivity contribution in [2.45, 2.75) is 99.3 Å². The number of allylic oxidation sites excluding steroid dienone is 6. The molecule has 6 nitrogen and oxygen atoms in total. The number of hydrogen-bond acceptors (Lipinski definition) is 6. The fourth-order valence-electron chi connectivity index (χ4n) is 7.58. The first-order valence-corrected chi connectivity index (χ1v) is 15.6. The topological polar surface area (TPSA) is 105 Å². The second-order valence-corrected chi connectivity index (χ2v) is 14.5. The molecule has 0 aliphatic heterocycles. The minimum absolute atomic E-state index is 0.00929. The lowest BCUT2D eigenvalue weighted by atomic mass is 9.39. The molecule has 4 atom stereocenters. The van der Waals surface area contributed by atoms with Crippen LogP contribution in [-0.4, -0.2) is 21.8 Å². The number of carbonyl (C=O) groups is 2. The Morgan fingerprint density at radius 3 is 2.18 bits per heavy atom. The Hall–Kier alpha value is -3.67. The molecule has 0 saturated heterocycles. The van der Waals surface area contributed by atoms with Crippen molar-refractivity contribution in [1.29, 1.82) is 0 Å². The van der Waals surface area contributed by atoms with Crippen LogP contribution >= 0.6 is 0 Å². The second-order valence-electron chi connectivity index (χ2n) is 14.5. The van der Waals surface area contributed by atoms with Gasteiger partial charge in [-0.3, -0.25) is 14.4 Å². The van der Waals surface area contributed by atoms with Crippen LogP contribution in [0.15, 0.2) is 68.9 Å². The van der Waals surface area contributed by atoms with Gasteiger partial charge >= 0.3 is 0 Å². The molecule has 4 rings (SSSR count). The first-order valence-electron chi connectivity index (χ1n) is 15.6. The number of hydrogen-bond donors (Lipinski definition) is 2. The van der Waals surface area contributed by atoms with Crippen LogP contribution in [0.2, 0.25) is 0 Å². The SMILES string of the molecule is C=C(C)CC[C@@H](C[C@@]12C[C@@H](CC=C(C)C)C(C)(C)[C@@](CC=C(C)C)(C(=O)c3c1oc1cc(O)c(O)cc1c3=O)C2=O)C(=C)C. The van der Waals surface area contributed by atoms with Gasteiger partial charge in [0, 0.05) is 6.07 Å². The largest absolute Gasteiger partial charge is 0.504 e. The zero-order chi connectivity index (χ0) is 32.9. The fraction of sp³-hybridized carbons (Fsp3) is 0.500. The van der Waals surface area contributed by atoms with Crippen LogP contribution in [0.4, 0.5) is 0 Å². The Morgan fingerprint density at radius 2 is 1.61 bits per heavy atom. The van der Waals surface area contributed by atoms with Crippen LogP contribution in [0.1, 0.15) is 110 Å². The van der Waals surface area contributed by atoms with Crippen LogP contribution in [0.3, 0.4) is 0 Å². The lowest BCUT2D eigenvalue weighted by Gasteiger charge is -2.60. The highest BCUT2D eigenvalue weighted by Gasteiger charge is 2.72. The van der Waals surface area contributed by atoms with E-state index in [4.69, 9.17) is 4.42 Å². The number of carbonyl (C=O) groups excluding carboxylic acids is 2. The molecule has 236 valence electrons. The average Bonchev–Trinajstić information content (AvgIpc) is 2.91. The van der Waals surface area contributed by atoms with E-state index in [0.29, 0.717) is 19.3 Å². The van der Waals surface area contributed by atoms with Gasteiger partial charge in [0.1, 0.15) is 22.3 Å². The summed E-state index contributed by atoms with van der Waals surface area (Å²) in [6, 6.07) is 2.32. The summed E-state index contributed by atoms with van der Waals surface area (Å²) in [5.41, 5.74) is -0.198. The zero-order valence-corrected chi connectivity index (χ0v) is 27.6. The molecule has 1 heterocycles. The molecule has 2 N–H and O–H groups in total. The van der Waals surface area contributed by atoms with Crippen LogP contribution < -0.4 is 5.43 Å². The van der Waals surface area contributed by atoms with E-state index in [1.165, 1.54) is 6.07 Å². The number of phenolic OH excluding ortho intramolecular Hbond substituents is 2. The van der Waals surface area contributed by atoms with Gasteiger partial charge in [0.15, 0.2) is 23.1 Å². The highest BCUT2D eigenvalue weighted by Crippen LogP contribution is 2.66. The van der Waals surface area contributed by atoms with E-state index < -0.39 is 39.0 Å². The van der Waals surface area contributed by atoms with Gasteiger partial charge in [0.05, 0.1) is 10.8 Å². The average molecular weight is 601 g/mol. The minimum atomic E-state index is -1.51. The number of fused-ring (bicyclic) bond motifs is 5. The van der Waals surface area contributed by atoms with Gasteiger partial charge in [-0.05, 0) is 103 Å². The van der Waals surface area contributed by atoms with Crippen LogP contribution in [-0.2, 0) is 10.2 Å². The van der Waals surface area contributed by atoms with Crippen molar-refractivity contribution >= 4 is 22.5 Å². The standard InChI is InChI=1S/C38H48O6/c1-21(2)11-13-25(24(7)8)19-37-20-26(14-12-22(3)4)36(9,10)38(35(37)43,16-15-23(5)6)33(42)31-32(41)27-17-28(39)29(40)18-30(27)44-34(31)37/h12,15,17-18,25-26,39-40H,1,7,11,13-14,16,19-20H2,2-6,8-10H3/t25-,26+,37+,38-/m0/s1.